The second-order valence-electron chi connectivity index (χ2n) is 4.74. The predicted octanol–water partition coefficient (Wildman–Crippen LogP) is -0.105. The highest BCUT2D eigenvalue weighted by molar-refractivity contribution is 5.51. The Balaban J connectivity index is 1.98. The molecule has 0 bridgehead atoms. The van der Waals surface area contributed by atoms with Gasteiger partial charge in [0.1, 0.15) is 5.82 Å². The van der Waals surface area contributed by atoms with Crippen molar-refractivity contribution < 1.29 is 0 Å². The largest absolute Gasteiger partial charge is 0.385 e. The van der Waals surface area contributed by atoms with Crippen molar-refractivity contribution in [3.8, 4) is 0 Å². The molecule has 0 amide bonds. The average molecular weight is 239 g/mol. The molecule has 0 spiro atoms. The van der Waals surface area contributed by atoms with Gasteiger partial charge in [-0.15, -0.1) is 0 Å². The van der Waals surface area contributed by atoms with Crippen LogP contribution in [-0.4, -0.2) is 12.1 Å². The van der Waals surface area contributed by atoms with Gasteiger partial charge < -0.3 is 16.4 Å². The summed E-state index contributed by atoms with van der Waals surface area (Å²) in [5.41, 5.74) is 7.27. The van der Waals surface area contributed by atoms with Gasteiger partial charge in [0.05, 0.1) is 12.1 Å². The van der Waals surface area contributed by atoms with E-state index in [2.05, 4.69) is 47.9 Å². The third-order valence-electron chi connectivity index (χ3n) is 3.38. The fraction of sp³-hybridized carbons (Fsp3) is 0.200. The van der Waals surface area contributed by atoms with Crippen LogP contribution in [0.3, 0.4) is 0 Å². The van der Waals surface area contributed by atoms with E-state index < -0.39 is 0 Å². The molecule has 3 heteroatoms. The Morgan fingerprint density at radius 3 is 2.78 bits per heavy atom. The molecular weight excluding hydrogens is 222 g/mol. The number of rotatable bonds is 1. The number of benzene rings is 1. The van der Waals surface area contributed by atoms with Gasteiger partial charge in [0.25, 0.3) is 0 Å². The first-order valence-corrected chi connectivity index (χ1v) is 6.19. The van der Waals surface area contributed by atoms with E-state index in [1.54, 1.807) is 0 Å². The minimum absolute atomic E-state index is 0.180. The highest BCUT2D eigenvalue weighted by Crippen LogP contribution is 2.08. The minimum atomic E-state index is 0.180. The molecule has 2 aliphatic heterocycles. The van der Waals surface area contributed by atoms with Crippen molar-refractivity contribution >= 4 is 11.9 Å². The number of hydrogen-bond acceptors (Lipinski definition) is 3. The van der Waals surface area contributed by atoms with Crippen molar-refractivity contribution in [3.63, 3.8) is 0 Å². The van der Waals surface area contributed by atoms with Gasteiger partial charge in [0.2, 0.25) is 0 Å². The predicted molar refractivity (Wildman–Crippen MR) is 74.5 cm³/mol. The fourth-order valence-electron chi connectivity index (χ4n) is 2.46. The molecule has 0 aromatic heterocycles. The number of fused-ring (bicyclic) bond motifs is 1. The van der Waals surface area contributed by atoms with Crippen LogP contribution in [0.4, 0.5) is 0 Å². The van der Waals surface area contributed by atoms with Crippen LogP contribution in [0, 0.1) is 0 Å². The standard InChI is InChI=1S/C15H17N3/c1-10-5-4-8-13(17-10)14-9-11-6-2-3-7-12(11)15(16)18-14/h2-9,13-14,17-18H,16H2,1H3. The summed E-state index contributed by atoms with van der Waals surface area (Å²) in [6, 6.07) is 8.61. The van der Waals surface area contributed by atoms with Crippen LogP contribution >= 0.6 is 0 Å². The molecule has 1 aromatic carbocycles. The van der Waals surface area contributed by atoms with Crippen molar-refractivity contribution in [1.82, 2.24) is 10.6 Å². The smallest absolute Gasteiger partial charge is 0.105 e. The lowest BCUT2D eigenvalue weighted by atomic mass is 10.0. The fourth-order valence-corrected chi connectivity index (χ4v) is 2.46. The van der Waals surface area contributed by atoms with Crippen LogP contribution in [-0.2, 0) is 0 Å². The Hall–Kier alpha value is -2.16. The molecule has 2 unspecified atom stereocenters. The molecule has 3 rings (SSSR count). The molecule has 0 saturated heterocycles. The highest BCUT2D eigenvalue weighted by atomic mass is 15.1. The normalized spacial score (nSPS) is 25.4. The maximum Gasteiger partial charge on any atom is 0.105 e. The number of nitrogens with one attached hydrogen (secondary N) is 2. The third-order valence-corrected chi connectivity index (χ3v) is 3.38. The van der Waals surface area contributed by atoms with Gasteiger partial charge >= 0.3 is 0 Å². The van der Waals surface area contributed by atoms with E-state index in [4.69, 9.17) is 5.73 Å². The average Bonchev–Trinajstić information content (AvgIpc) is 2.39. The van der Waals surface area contributed by atoms with E-state index in [1.807, 2.05) is 18.2 Å². The number of hydrogen-bond donors (Lipinski definition) is 3. The lowest BCUT2D eigenvalue weighted by Gasteiger charge is -2.29. The second kappa shape index (κ2) is 4.26. The Morgan fingerprint density at radius 2 is 1.94 bits per heavy atom. The zero-order chi connectivity index (χ0) is 12.5. The Morgan fingerprint density at radius 1 is 1.11 bits per heavy atom. The monoisotopic (exact) mass is 239 g/mol. The van der Waals surface area contributed by atoms with E-state index in [-0.39, 0.29) is 12.1 Å². The molecule has 0 radical (unpaired) electrons. The molecule has 0 saturated carbocycles. The van der Waals surface area contributed by atoms with E-state index in [1.165, 1.54) is 10.9 Å². The Labute approximate surface area is 106 Å². The zero-order valence-corrected chi connectivity index (χ0v) is 10.4. The molecule has 0 fully saturated rings. The quantitative estimate of drug-likeness (QED) is 0.641. The Kier molecular flexibility index (Phi) is 2.59. The van der Waals surface area contributed by atoms with Crippen LogP contribution in [0.25, 0.3) is 11.9 Å². The molecule has 18 heavy (non-hydrogen) atoms. The van der Waals surface area contributed by atoms with Crippen LogP contribution in [0.1, 0.15) is 6.92 Å². The molecule has 2 aliphatic rings. The summed E-state index contributed by atoms with van der Waals surface area (Å²) < 4.78 is 0. The number of nitrogens with two attached hydrogens (primary N) is 1. The van der Waals surface area contributed by atoms with Crippen molar-refractivity contribution in [3.05, 3.63) is 58.6 Å². The van der Waals surface area contributed by atoms with Gasteiger partial charge in [-0.3, -0.25) is 0 Å². The first-order chi connectivity index (χ1) is 8.74. The molecular formula is C15H17N3. The van der Waals surface area contributed by atoms with Crippen LogP contribution in [0.5, 0.6) is 0 Å². The van der Waals surface area contributed by atoms with Gasteiger partial charge in [-0.05, 0) is 18.2 Å². The first-order valence-electron chi connectivity index (χ1n) is 6.19. The Bertz CT molecular complexity index is 640. The maximum atomic E-state index is 6.10. The van der Waals surface area contributed by atoms with Gasteiger partial charge in [-0.2, -0.15) is 0 Å². The lowest BCUT2D eigenvalue weighted by molar-refractivity contribution is 0.564. The maximum absolute atomic E-state index is 6.10. The SMILES string of the molecule is CC1=CC=CC(C2C=c3ccccc3=C(N)N2)N1. The zero-order valence-electron chi connectivity index (χ0n) is 10.4. The van der Waals surface area contributed by atoms with Crippen molar-refractivity contribution in [1.29, 1.82) is 0 Å². The van der Waals surface area contributed by atoms with Gasteiger partial charge in [-0.1, -0.05) is 42.5 Å². The van der Waals surface area contributed by atoms with Crippen molar-refractivity contribution in [2.24, 2.45) is 5.73 Å². The lowest BCUT2D eigenvalue weighted by Crippen LogP contribution is -2.53. The second-order valence-corrected chi connectivity index (χ2v) is 4.74. The van der Waals surface area contributed by atoms with Crippen molar-refractivity contribution in [2.45, 2.75) is 19.0 Å². The summed E-state index contributed by atoms with van der Waals surface area (Å²) in [6.07, 6.45) is 8.54. The van der Waals surface area contributed by atoms with Gasteiger partial charge in [-0.25, -0.2) is 0 Å². The van der Waals surface area contributed by atoms with Crippen LogP contribution < -0.4 is 26.8 Å². The molecule has 1 aromatic rings. The minimum Gasteiger partial charge on any atom is -0.385 e. The van der Waals surface area contributed by atoms with E-state index in [9.17, 15) is 0 Å². The van der Waals surface area contributed by atoms with Gasteiger partial charge in [0, 0.05) is 10.9 Å². The third kappa shape index (κ3) is 1.88. The number of allylic oxidation sites excluding steroid dienone is 3. The molecule has 3 nitrogen and oxygen atoms in total. The summed E-state index contributed by atoms with van der Waals surface area (Å²) in [5.74, 6) is 0.750. The van der Waals surface area contributed by atoms with Crippen molar-refractivity contribution in [2.75, 3.05) is 0 Å². The van der Waals surface area contributed by atoms with E-state index in [0.717, 1.165) is 11.0 Å². The number of dihydropyridines is 1. The summed E-state index contributed by atoms with van der Waals surface area (Å²) in [5, 5.41) is 9.09. The molecule has 0 aliphatic carbocycles. The summed E-state index contributed by atoms with van der Waals surface area (Å²) in [4.78, 5) is 0. The highest BCUT2D eigenvalue weighted by Gasteiger charge is 2.20. The van der Waals surface area contributed by atoms with Crippen LogP contribution in [0.15, 0.2) is 48.2 Å². The summed E-state index contributed by atoms with van der Waals surface area (Å²) in [7, 11) is 0. The molecule has 92 valence electrons. The molecule has 2 heterocycles. The molecule has 2 atom stereocenters. The van der Waals surface area contributed by atoms with Crippen LogP contribution in [0.2, 0.25) is 0 Å². The van der Waals surface area contributed by atoms with Gasteiger partial charge in [0.15, 0.2) is 0 Å². The molecule has 4 N–H and O–H groups in total. The van der Waals surface area contributed by atoms with E-state index in [0.29, 0.717) is 0 Å². The summed E-state index contributed by atoms with van der Waals surface area (Å²) >= 11 is 0. The first kappa shape index (κ1) is 11.0. The topological polar surface area (TPSA) is 50.1 Å². The van der Waals surface area contributed by atoms with E-state index >= 15 is 0 Å². The summed E-state index contributed by atoms with van der Waals surface area (Å²) in [6.45, 7) is 2.07.